The third-order valence-corrected chi connectivity index (χ3v) is 3.00. The second-order valence-electron chi connectivity index (χ2n) is 4.49. The minimum atomic E-state index is -0.311. The fraction of sp³-hybridized carbons (Fsp3) is 0.125. The number of halogens is 1. The zero-order valence-electron chi connectivity index (χ0n) is 11.0. The number of rotatable bonds is 4. The van der Waals surface area contributed by atoms with Crippen LogP contribution in [0.1, 0.15) is 26.3 Å². The van der Waals surface area contributed by atoms with Gasteiger partial charge >= 0.3 is 0 Å². The van der Waals surface area contributed by atoms with Crippen LogP contribution in [0.15, 0.2) is 48.5 Å². The van der Waals surface area contributed by atoms with E-state index in [0.717, 1.165) is 5.56 Å². The summed E-state index contributed by atoms with van der Waals surface area (Å²) in [4.78, 5) is 24.7. The highest BCUT2D eigenvalue weighted by molar-refractivity contribution is 6.01. The lowest BCUT2D eigenvalue weighted by atomic mass is 10.1. The molecule has 0 saturated heterocycles. The molecule has 0 atom stereocenters. The van der Waals surface area contributed by atoms with E-state index < -0.39 is 0 Å². The Morgan fingerprint density at radius 1 is 1.15 bits per heavy atom. The van der Waals surface area contributed by atoms with Crippen molar-refractivity contribution in [1.82, 2.24) is 4.90 Å². The molecule has 2 aromatic carbocycles. The van der Waals surface area contributed by atoms with Crippen molar-refractivity contribution < 1.29 is 14.0 Å². The Hall–Kier alpha value is -2.49. The molecule has 0 radical (unpaired) electrons. The van der Waals surface area contributed by atoms with Gasteiger partial charge in [-0.2, -0.15) is 0 Å². The van der Waals surface area contributed by atoms with Gasteiger partial charge in [-0.1, -0.05) is 30.3 Å². The number of hydrogen-bond acceptors (Lipinski definition) is 2. The van der Waals surface area contributed by atoms with Crippen LogP contribution in [0.5, 0.6) is 0 Å². The number of nitrogens with zero attached hydrogens (tertiary/aromatic N) is 1. The van der Waals surface area contributed by atoms with Gasteiger partial charge in [0.15, 0.2) is 6.29 Å². The lowest BCUT2D eigenvalue weighted by molar-refractivity contribution is 0.0782. The maximum Gasteiger partial charge on any atom is 0.254 e. The Balaban J connectivity index is 2.16. The van der Waals surface area contributed by atoms with Crippen molar-refractivity contribution in [1.29, 1.82) is 0 Å². The Kier molecular flexibility index (Phi) is 4.25. The molecule has 0 bridgehead atoms. The van der Waals surface area contributed by atoms with Crippen molar-refractivity contribution in [2.45, 2.75) is 6.54 Å². The molecule has 0 aromatic heterocycles. The van der Waals surface area contributed by atoms with Gasteiger partial charge in [-0.15, -0.1) is 0 Å². The van der Waals surface area contributed by atoms with Gasteiger partial charge in [0.1, 0.15) is 5.82 Å². The summed E-state index contributed by atoms with van der Waals surface area (Å²) >= 11 is 0. The van der Waals surface area contributed by atoms with Crippen molar-refractivity contribution >= 4 is 12.2 Å². The van der Waals surface area contributed by atoms with E-state index in [4.69, 9.17) is 0 Å². The van der Waals surface area contributed by atoms with Gasteiger partial charge in [0.05, 0.1) is 5.56 Å². The standard InChI is InChI=1S/C16H14FNO2/c1-18(10-12-6-8-14(17)9-7-12)16(20)15-5-3-2-4-13(15)11-19/h2-9,11H,10H2,1H3. The SMILES string of the molecule is CN(Cc1ccc(F)cc1)C(=O)c1ccccc1C=O. The average Bonchev–Trinajstić information content (AvgIpc) is 2.48. The molecule has 0 heterocycles. The first-order chi connectivity index (χ1) is 9.61. The smallest absolute Gasteiger partial charge is 0.254 e. The maximum atomic E-state index is 12.8. The summed E-state index contributed by atoms with van der Waals surface area (Å²) in [7, 11) is 1.65. The lowest BCUT2D eigenvalue weighted by Gasteiger charge is -2.18. The van der Waals surface area contributed by atoms with Crippen LogP contribution in [0, 0.1) is 5.82 Å². The van der Waals surface area contributed by atoms with E-state index in [1.54, 1.807) is 43.4 Å². The van der Waals surface area contributed by atoms with Crippen LogP contribution in [0.3, 0.4) is 0 Å². The van der Waals surface area contributed by atoms with E-state index in [0.29, 0.717) is 24.0 Å². The molecule has 0 aliphatic rings. The summed E-state index contributed by atoms with van der Waals surface area (Å²) in [5.41, 5.74) is 1.56. The third-order valence-electron chi connectivity index (χ3n) is 3.00. The third kappa shape index (κ3) is 3.09. The second-order valence-corrected chi connectivity index (χ2v) is 4.49. The van der Waals surface area contributed by atoms with E-state index in [9.17, 15) is 14.0 Å². The summed E-state index contributed by atoms with van der Waals surface area (Å²) in [6.45, 7) is 0.353. The predicted octanol–water partition coefficient (Wildman–Crippen LogP) is 2.91. The van der Waals surface area contributed by atoms with Gasteiger partial charge < -0.3 is 4.90 Å². The average molecular weight is 271 g/mol. The number of carbonyl (C=O) groups is 2. The lowest BCUT2D eigenvalue weighted by Crippen LogP contribution is -2.27. The maximum absolute atomic E-state index is 12.8. The van der Waals surface area contributed by atoms with E-state index in [1.807, 2.05) is 0 Å². The van der Waals surface area contributed by atoms with Crippen LogP contribution >= 0.6 is 0 Å². The molecule has 0 aliphatic heterocycles. The van der Waals surface area contributed by atoms with Crippen LogP contribution in [0.25, 0.3) is 0 Å². The first-order valence-corrected chi connectivity index (χ1v) is 6.16. The van der Waals surface area contributed by atoms with Crippen molar-refractivity contribution in [3.63, 3.8) is 0 Å². The second kappa shape index (κ2) is 6.10. The summed E-state index contributed by atoms with van der Waals surface area (Å²) in [5, 5.41) is 0. The molecular weight excluding hydrogens is 257 g/mol. The zero-order valence-corrected chi connectivity index (χ0v) is 11.0. The minimum absolute atomic E-state index is 0.239. The molecule has 2 aromatic rings. The molecule has 0 spiro atoms. The molecule has 4 heteroatoms. The first kappa shape index (κ1) is 13.9. The van der Waals surface area contributed by atoms with Crippen LogP contribution in [0.4, 0.5) is 4.39 Å². The number of benzene rings is 2. The molecule has 0 N–H and O–H groups in total. The van der Waals surface area contributed by atoms with Crippen LogP contribution in [-0.2, 0) is 6.54 Å². The van der Waals surface area contributed by atoms with E-state index in [2.05, 4.69) is 0 Å². The molecular formula is C16H14FNO2. The fourth-order valence-electron chi connectivity index (χ4n) is 1.94. The first-order valence-electron chi connectivity index (χ1n) is 6.16. The van der Waals surface area contributed by atoms with Crippen molar-refractivity contribution in [2.75, 3.05) is 7.05 Å². The molecule has 3 nitrogen and oxygen atoms in total. The van der Waals surface area contributed by atoms with E-state index >= 15 is 0 Å². The summed E-state index contributed by atoms with van der Waals surface area (Å²) in [6.07, 6.45) is 0.666. The van der Waals surface area contributed by atoms with Gasteiger partial charge in [0, 0.05) is 19.2 Å². The van der Waals surface area contributed by atoms with Crippen LogP contribution < -0.4 is 0 Å². The number of hydrogen-bond donors (Lipinski definition) is 0. The number of aldehydes is 1. The molecule has 0 aliphatic carbocycles. The molecule has 0 unspecified atom stereocenters. The van der Waals surface area contributed by atoms with Gasteiger partial charge in [0.2, 0.25) is 0 Å². The molecule has 20 heavy (non-hydrogen) atoms. The Labute approximate surface area is 116 Å². The minimum Gasteiger partial charge on any atom is -0.337 e. The highest BCUT2D eigenvalue weighted by atomic mass is 19.1. The Morgan fingerprint density at radius 3 is 2.45 bits per heavy atom. The fourth-order valence-corrected chi connectivity index (χ4v) is 1.94. The molecule has 1 amide bonds. The predicted molar refractivity (Wildman–Crippen MR) is 74.0 cm³/mol. The monoisotopic (exact) mass is 271 g/mol. The van der Waals surface area contributed by atoms with Crippen LogP contribution in [0.2, 0.25) is 0 Å². The Bertz CT molecular complexity index is 623. The van der Waals surface area contributed by atoms with Gasteiger partial charge in [0.25, 0.3) is 5.91 Å². The van der Waals surface area contributed by atoms with Gasteiger partial charge in [-0.05, 0) is 23.8 Å². The van der Waals surface area contributed by atoms with Crippen molar-refractivity contribution in [3.8, 4) is 0 Å². The topological polar surface area (TPSA) is 37.4 Å². The van der Waals surface area contributed by atoms with Crippen LogP contribution in [-0.4, -0.2) is 24.1 Å². The van der Waals surface area contributed by atoms with Gasteiger partial charge in [-0.3, -0.25) is 9.59 Å². The zero-order chi connectivity index (χ0) is 14.5. The largest absolute Gasteiger partial charge is 0.337 e. The van der Waals surface area contributed by atoms with Gasteiger partial charge in [-0.25, -0.2) is 4.39 Å². The molecule has 0 saturated carbocycles. The summed E-state index contributed by atoms with van der Waals surface area (Å²) < 4.78 is 12.8. The van der Waals surface area contributed by atoms with E-state index in [-0.39, 0.29) is 11.7 Å². The van der Waals surface area contributed by atoms with Crippen molar-refractivity contribution in [2.24, 2.45) is 0 Å². The quantitative estimate of drug-likeness (QED) is 0.802. The highest BCUT2D eigenvalue weighted by Crippen LogP contribution is 2.12. The molecule has 2 rings (SSSR count). The number of carbonyl (C=O) groups excluding carboxylic acids is 2. The summed E-state index contributed by atoms with van der Waals surface area (Å²) in [6, 6.07) is 12.6. The highest BCUT2D eigenvalue weighted by Gasteiger charge is 2.15. The number of amides is 1. The normalized spacial score (nSPS) is 10.1. The van der Waals surface area contributed by atoms with E-state index in [1.165, 1.54) is 17.0 Å². The summed E-state index contributed by atoms with van der Waals surface area (Å²) in [5.74, 6) is -0.550. The molecule has 0 fully saturated rings. The van der Waals surface area contributed by atoms with Crippen molar-refractivity contribution in [3.05, 3.63) is 71.0 Å². The molecule has 102 valence electrons. The Morgan fingerprint density at radius 2 is 1.80 bits per heavy atom.